The Bertz CT molecular complexity index is 372. The lowest BCUT2D eigenvalue weighted by atomic mass is 10.0. The normalized spacial score (nSPS) is 24.5. The molecule has 0 bridgehead atoms. The van der Waals surface area contributed by atoms with E-state index in [1.54, 1.807) is 0 Å². The smallest absolute Gasteiger partial charge is 0.0839 e. The Morgan fingerprint density at radius 1 is 1.29 bits per heavy atom. The van der Waals surface area contributed by atoms with Gasteiger partial charge in [-0.2, -0.15) is 0 Å². The van der Waals surface area contributed by atoms with Crippen molar-refractivity contribution in [2.75, 3.05) is 24.5 Å². The minimum Gasteiger partial charge on any atom is -0.390 e. The third-order valence-electron chi connectivity index (χ3n) is 3.41. The van der Waals surface area contributed by atoms with Crippen molar-refractivity contribution in [1.29, 1.82) is 0 Å². The second kappa shape index (κ2) is 4.67. The van der Waals surface area contributed by atoms with Crippen LogP contribution in [-0.2, 0) is 0 Å². The van der Waals surface area contributed by atoms with Gasteiger partial charge in [0.1, 0.15) is 0 Å². The number of aryl methyl sites for hydroxylation is 1. The van der Waals surface area contributed by atoms with E-state index in [1.807, 2.05) is 0 Å². The highest BCUT2D eigenvalue weighted by molar-refractivity contribution is 5.50. The van der Waals surface area contributed by atoms with Gasteiger partial charge in [-0.1, -0.05) is 17.7 Å². The standard InChI is InChI=1S/C14H22N2O/c1-11-4-6-12(7-5-11)16-9-13(17)8-15-10-14(16,2)3/h4-7,13,15,17H,8-10H2,1-3H3. The molecule has 0 saturated carbocycles. The minimum absolute atomic E-state index is 0.0206. The van der Waals surface area contributed by atoms with Gasteiger partial charge in [-0.15, -0.1) is 0 Å². The minimum atomic E-state index is -0.307. The molecule has 17 heavy (non-hydrogen) atoms. The molecule has 2 rings (SSSR count). The largest absolute Gasteiger partial charge is 0.390 e. The molecule has 0 amide bonds. The molecule has 94 valence electrons. The number of hydrogen-bond acceptors (Lipinski definition) is 3. The molecule has 0 radical (unpaired) electrons. The predicted molar refractivity (Wildman–Crippen MR) is 71.5 cm³/mol. The summed E-state index contributed by atoms with van der Waals surface area (Å²) in [4.78, 5) is 2.29. The third-order valence-corrected chi connectivity index (χ3v) is 3.41. The van der Waals surface area contributed by atoms with Gasteiger partial charge in [0.2, 0.25) is 0 Å². The van der Waals surface area contributed by atoms with Crippen LogP contribution in [0.15, 0.2) is 24.3 Å². The number of anilines is 1. The first-order valence-corrected chi connectivity index (χ1v) is 6.22. The summed E-state index contributed by atoms with van der Waals surface area (Å²) in [5.41, 5.74) is 2.47. The molecule has 1 fully saturated rings. The molecule has 3 nitrogen and oxygen atoms in total. The Morgan fingerprint density at radius 3 is 2.59 bits per heavy atom. The molecule has 0 spiro atoms. The van der Waals surface area contributed by atoms with Crippen molar-refractivity contribution in [3.8, 4) is 0 Å². The van der Waals surface area contributed by atoms with Crippen LogP contribution in [0.3, 0.4) is 0 Å². The predicted octanol–water partition coefficient (Wildman–Crippen LogP) is 1.54. The Kier molecular flexibility index (Phi) is 3.40. The number of β-amino-alcohol motifs (C(OH)–C–C–N with tert-alkyl or cyclic N) is 1. The molecular weight excluding hydrogens is 212 g/mol. The van der Waals surface area contributed by atoms with Crippen molar-refractivity contribution < 1.29 is 5.11 Å². The molecule has 0 aliphatic carbocycles. The van der Waals surface area contributed by atoms with Crippen LogP contribution in [0.4, 0.5) is 5.69 Å². The average molecular weight is 234 g/mol. The van der Waals surface area contributed by atoms with Crippen LogP contribution in [0.5, 0.6) is 0 Å². The summed E-state index contributed by atoms with van der Waals surface area (Å²) in [5.74, 6) is 0. The SMILES string of the molecule is Cc1ccc(N2CC(O)CNCC2(C)C)cc1. The maximum atomic E-state index is 9.90. The fourth-order valence-corrected chi connectivity index (χ4v) is 2.34. The monoisotopic (exact) mass is 234 g/mol. The molecule has 2 N–H and O–H groups in total. The van der Waals surface area contributed by atoms with Gasteiger partial charge in [0, 0.05) is 30.9 Å². The van der Waals surface area contributed by atoms with Gasteiger partial charge in [0.25, 0.3) is 0 Å². The molecular formula is C14H22N2O. The van der Waals surface area contributed by atoms with E-state index < -0.39 is 0 Å². The molecule has 1 aliphatic heterocycles. The average Bonchev–Trinajstić information content (AvgIpc) is 2.39. The number of aliphatic hydroxyl groups excluding tert-OH is 1. The molecule has 0 aromatic heterocycles. The first-order chi connectivity index (χ1) is 7.99. The van der Waals surface area contributed by atoms with E-state index in [0.717, 1.165) is 6.54 Å². The van der Waals surface area contributed by atoms with E-state index in [-0.39, 0.29) is 11.6 Å². The summed E-state index contributed by atoms with van der Waals surface area (Å²) >= 11 is 0. The lowest BCUT2D eigenvalue weighted by molar-refractivity contribution is 0.183. The van der Waals surface area contributed by atoms with E-state index in [0.29, 0.717) is 13.1 Å². The van der Waals surface area contributed by atoms with E-state index in [1.165, 1.54) is 11.3 Å². The molecule has 1 unspecified atom stereocenters. The molecule has 1 heterocycles. The van der Waals surface area contributed by atoms with E-state index in [9.17, 15) is 5.11 Å². The second-order valence-corrected chi connectivity index (χ2v) is 5.54. The van der Waals surface area contributed by atoms with Crippen LogP contribution in [0.2, 0.25) is 0 Å². The van der Waals surface area contributed by atoms with Gasteiger partial charge in [-0.25, -0.2) is 0 Å². The zero-order valence-electron chi connectivity index (χ0n) is 10.9. The lowest BCUT2D eigenvalue weighted by Gasteiger charge is -2.39. The van der Waals surface area contributed by atoms with Gasteiger partial charge >= 0.3 is 0 Å². The summed E-state index contributed by atoms with van der Waals surface area (Å²) in [5, 5.41) is 13.2. The fraction of sp³-hybridized carbons (Fsp3) is 0.571. The van der Waals surface area contributed by atoms with Gasteiger partial charge in [-0.3, -0.25) is 0 Å². The highest BCUT2D eigenvalue weighted by Gasteiger charge is 2.31. The summed E-state index contributed by atoms with van der Waals surface area (Å²) in [7, 11) is 0. The highest BCUT2D eigenvalue weighted by Crippen LogP contribution is 2.25. The quantitative estimate of drug-likeness (QED) is 0.774. The van der Waals surface area contributed by atoms with Crippen LogP contribution in [0.1, 0.15) is 19.4 Å². The Labute approximate surface area is 103 Å². The van der Waals surface area contributed by atoms with Crippen molar-refractivity contribution in [1.82, 2.24) is 5.32 Å². The molecule has 3 heteroatoms. The van der Waals surface area contributed by atoms with Gasteiger partial charge in [-0.05, 0) is 32.9 Å². The van der Waals surface area contributed by atoms with Crippen LogP contribution >= 0.6 is 0 Å². The fourth-order valence-electron chi connectivity index (χ4n) is 2.34. The number of nitrogens with one attached hydrogen (secondary N) is 1. The van der Waals surface area contributed by atoms with Gasteiger partial charge in [0.15, 0.2) is 0 Å². The zero-order chi connectivity index (χ0) is 12.5. The first kappa shape index (κ1) is 12.4. The molecule has 1 atom stereocenters. The number of hydrogen-bond donors (Lipinski definition) is 2. The Morgan fingerprint density at radius 2 is 1.94 bits per heavy atom. The van der Waals surface area contributed by atoms with Crippen LogP contribution in [-0.4, -0.2) is 36.4 Å². The maximum absolute atomic E-state index is 9.90. The van der Waals surface area contributed by atoms with Crippen molar-refractivity contribution >= 4 is 5.69 Å². The topological polar surface area (TPSA) is 35.5 Å². The Hall–Kier alpha value is -1.06. The second-order valence-electron chi connectivity index (χ2n) is 5.54. The van der Waals surface area contributed by atoms with Crippen molar-refractivity contribution in [3.63, 3.8) is 0 Å². The summed E-state index contributed by atoms with van der Waals surface area (Å²) < 4.78 is 0. The van der Waals surface area contributed by atoms with Crippen molar-refractivity contribution in [3.05, 3.63) is 29.8 Å². The number of rotatable bonds is 1. The summed E-state index contributed by atoms with van der Waals surface area (Å²) in [6, 6.07) is 8.51. The molecule has 1 aliphatic rings. The van der Waals surface area contributed by atoms with Crippen molar-refractivity contribution in [2.45, 2.75) is 32.4 Å². The molecule has 1 saturated heterocycles. The number of nitrogens with zero attached hydrogens (tertiary/aromatic N) is 1. The maximum Gasteiger partial charge on any atom is 0.0839 e. The van der Waals surface area contributed by atoms with E-state index in [2.05, 4.69) is 55.3 Å². The number of aliphatic hydroxyl groups is 1. The lowest BCUT2D eigenvalue weighted by Crippen LogP contribution is -2.49. The summed E-state index contributed by atoms with van der Waals surface area (Å²) in [6.07, 6.45) is -0.307. The van der Waals surface area contributed by atoms with Gasteiger partial charge < -0.3 is 15.3 Å². The van der Waals surface area contributed by atoms with Gasteiger partial charge in [0.05, 0.1) is 6.10 Å². The Balaban J connectivity index is 2.29. The van der Waals surface area contributed by atoms with E-state index in [4.69, 9.17) is 0 Å². The van der Waals surface area contributed by atoms with E-state index >= 15 is 0 Å². The first-order valence-electron chi connectivity index (χ1n) is 6.22. The highest BCUT2D eigenvalue weighted by atomic mass is 16.3. The third kappa shape index (κ3) is 2.79. The molecule has 1 aromatic rings. The molecule has 1 aromatic carbocycles. The summed E-state index contributed by atoms with van der Waals surface area (Å²) in [6.45, 7) is 8.75. The van der Waals surface area contributed by atoms with Crippen molar-refractivity contribution in [2.24, 2.45) is 0 Å². The number of benzene rings is 1. The zero-order valence-corrected chi connectivity index (χ0v) is 10.9. The van der Waals surface area contributed by atoms with Crippen LogP contribution in [0, 0.1) is 6.92 Å². The van der Waals surface area contributed by atoms with Crippen LogP contribution < -0.4 is 10.2 Å². The van der Waals surface area contributed by atoms with Crippen LogP contribution in [0.25, 0.3) is 0 Å².